The summed E-state index contributed by atoms with van der Waals surface area (Å²) in [7, 11) is 0. The van der Waals surface area contributed by atoms with E-state index < -0.39 is 0 Å². The van der Waals surface area contributed by atoms with E-state index in [1.807, 2.05) is 24.3 Å². The molecule has 1 aromatic carbocycles. The molecule has 3 heteroatoms. The third-order valence-electron chi connectivity index (χ3n) is 2.85. The van der Waals surface area contributed by atoms with Crippen LogP contribution in [0, 0.1) is 0 Å². The Kier molecular flexibility index (Phi) is 3.52. The first-order valence-electron chi connectivity index (χ1n) is 5.53. The molecular formula is C13H16ClNO. The summed E-state index contributed by atoms with van der Waals surface area (Å²) in [6.07, 6.45) is 4.40. The molecule has 2 rings (SSSR count). The van der Waals surface area contributed by atoms with E-state index in [2.05, 4.69) is 11.5 Å². The highest BCUT2D eigenvalue weighted by atomic mass is 35.5. The summed E-state index contributed by atoms with van der Waals surface area (Å²) in [6, 6.07) is 6.46. The molecule has 1 saturated carbocycles. The number of halogens is 1. The molecule has 1 aliphatic rings. The molecule has 0 spiro atoms. The monoisotopic (exact) mass is 237 g/mol. The van der Waals surface area contributed by atoms with Crippen molar-refractivity contribution in [3.05, 3.63) is 41.4 Å². The number of anilines is 1. The smallest absolute Gasteiger partial charge is 0.0696 e. The van der Waals surface area contributed by atoms with Gasteiger partial charge in [-0.05, 0) is 30.5 Å². The second kappa shape index (κ2) is 4.89. The van der Waals surface area contributed by atoms with Crippen molar-refractivity contribution >= 4 is 17.3 Å². The van der Waals surface area contributed by atoms with E-state index in [0.717, 1.165) is 17.8 Å². The highest BCUT2D eigenvalue weighted by Crippen LogP contribution is 2.33. The third-order valence-corrected chi connectivity index (χ3v) is 3.20. The summed E-state index contributed by atoms with van der Waals surface area (Å²) in [5, 5.41) is 9.69. The highest BCUT2D eigenvalue weighted by Gasteiger charge is 2.28. The van der Waals surface area contributed by atoms with Crippen molar-refractivity contribution < 1.29 is 5.11 Å². The first kappa shape index (κ1) is 11.5. The molecular weight excluding hydrogens is 222 g/mol. The summed E-state index contributed by atoms with van der Waals surface area (Å²) in [6.45, 7) is 4.61. The summed E-state index contributed by atoms with van der Waals surface area (Å²) in [5.74, 6) is 0. The molecule has 1 fully saturated rings. The van der Waals surface area contributed by atoms with Crippen LogP contribution >= 0.6 is 11.6 Å². The third kappa shape index (κ3) is 2.39. The minimum Gasteiger partial charge on any atom is -0.392 e. The zero-order chi connectivity index (χ0) is 11.5. The minimum absolute atomic E-state index is 0.00992. The Labute approximate surface area is 101 Å². The van der Waals surface area contributed by atoms with E-state index in [1.165, 1.54) is 12.8 Å². The average Bonchev–Trinajstić information content (AvgIpc) is 3.09. The summed E-state index contributed by atoms with van der Waals surface area (Å²) in [4.78, 5) is 2.31. The fraction of sp³-hybridized carbons (Fsp3) is 0.385. The normalized spacial score (nSPS) is 14.9. The zero-order valence-corrected chi connectivity index (χ0v) is 9.95. The molecule has 0 amide bonds. The lowest BCUT2D eigenvalue weighted by molar-refractivity contribution is 0.282. The number of aliphatic hydroxyl groups is 1. The lowest BCUT2D eigenvalue weighted by atomic mass is 10.2. The fourth-order valence-corrected chi connectivity index (χ4v) is 2.07. The van der Waals surface area contributed by atoms with Crippen LogP contribution in [-0.4, -0.2) is 17.7 Å². The molecule has 1 N–H and O–H groups in total. The van der Waals surface area contributed by atoms with Gasteiger partial charge in [0.05, 0.1) is 6.61 Å². The number of aliphatic hydroxyl groups excluding tert-OH is 1. The fourth-order valence-electron chi connectivity index (χ4n) is 1.83. The molecule has 0 heterocycles. The lowest BCUT2D eigenvalue weighted by Crippen LogP contribution is -2.25. The Bertz CT molecular complexity index is 388. The molecule has 0 unspecified atom stereocenters. The molecule has 86 valence electrons. The molecule has 1 aliphatic carbocycles. The first-order valence-corrected chi connectivity index (χ1v) is 5.91. The van der Waals surface area contributed by atoms with Gasteiger partial charge in [-0.15, -0.1) is 6.58 Å². The number of rotatable bonds is 5. The predicted octanol–water partition coefficient (Wildman–Crippen LogP) is 2.99. The number of hydrogen-bond acceptors (Lipinski definition) is 2. The molecule has 0 aromatic heterocycles. The van der Waals surface area contributed by atoms with Crippen LogP contribution in [0.3, 0.4) is 0 Å². The summed E-state index contributed by atoms with van der Waals surface area (Å²) >= 11 is 6.09. The maximum atomic E-state index is 9.06. The van der Waals surface area contributed by atoms with Gasteiger partial charge in [-0.2, -0.15) is 0 Å². The molecule has 2 nitrogen and oxygen atoms in total. The summed E-state index contributed by atoms with van der Waals surface area (Å²) < 4.78 is 0. The van der Waals surface area contributed by atoms with Gasteiger partial charge < -0.3 is 10.0 Å². The van der Waals surface area contributed by atoms with Crippen LogP contribution in [0.2, 0.25) is 5.02 Å². The molecule has 0 saturated heterocycles. The molecule has 0 aliphatic heterocycles. The quantitative estimate of drug-likeness (QED) is 0.796. The summed E-state index contributed by atoms with van der Waals surface area (Å²) in [5.41, 5.74) is 1.89. The Morgan fingerprint density at radius 1 is 1.50 bits per heavy atom. The van der Waals surface area contributed by atoms with Crippen molar-refractivity contribution in [2.75, 3.05) is 11.4 Å². The van der Waals surface area contributed by atoms with Gasteiger partial charge in [0.1, 0.15) is 0 Å². The Morgan fingerprint density at radius 2 is 2.25 bits per heavy atom. The zero-order valence-electron chi connectivity index (χ0n) is 9.19. The van der Waals surface area contributed by atoms with Crippen molar-refractivity contribution in [3.8, 4) is 0 Å². The van der Waals surface area contributed by atoms with Crippen LogP contribution < -0.4 is 4.90 Å². The van der Waals surface area contributed by atoms with Crippen LogP contribution in [0.4, 0.5) is 5.69 Å². The van der Waals surface area contributed by atoms with Gasteiger partial charge in [0.2, 0.25) is 0 Å². The maximum absolute atomic E-state index is 9.06. The van der Waals surface area contributed by atoms with Gasteiger partial charge in [0.15, 0.2) is 0 Å². The van der Waals surface area contributed by atoms with Gasteiger partial charge >= 0.3 is 0 Å². The second-order valence-corrected chi connectivity index (χ2v) is 4.51. The van der Waals surface area contributed by atoms with Crippen LogP contribution in [0.15, 0.2) is 30.9 Å². The molecule has 1 aromatic rings. The van der Waals surface area contributed by atoms with Gasteiger partial charge in [-0.25, -0.2) is 0 Å². The molecule has 0 atom stereocenters. The van der Waals surface area contributed by atoms with Crippen LogP contribution in [0.5, 0.6) is 0 Å². The largest absolute Gasteiger partial charge is 0.392 e. The standard InChI is InChI=1S/C13H16ClNO/c1-2-7-15(11-5-6-11)12-4-3-10(9-16)13(14)8-12/h2-4,8,11,16H,1,5-7,9H2. The van der Waals surface area contributed by atoms with E-state index in [0.29, 0.717) is 11.1 Å². The van der Waals surface area contributed by atoms with Gasteiger partial charge in [-0.3, -0.25) is 0 Å². The average molecular weight is 238 g/mol. The Hall–Kier alpha value is -0.990. The lowest BCUT2D eigenvalue weighted by Gasteiger charge is -2.23. The predicted molar refractivity (Wildman–Crippen MR) is 67.9 cm³/mol. The van der Waals surface area contributed by atoms with E-state index in [9.17, 15) is 0 Å². The van der Waals surface area contributed by atoms with E-state index >= 15 is 0 Å². The SMILES string of the molecule is C=CCN(c1ccc(CO)c(Cl)c1)C1CC1. The highest BCUT2D eigenvalue weighted by molar-refractivity contribution is 6.31. The minimum atomic E-state index is -0.00992. The number of hydrogen-bond donors (Lipinski definition) is 1. The number of benzene rings is 1. The number of nitrogens with zero attached hydrogens (tertiary/aromatic N) is 1. The van der Waals surface area contributed by atoms with Crippen LogP contribution in [-0.2, 0) is 6.61 Å². The van der Waals surface area contributed by atoms with Crippen molar-refractivity contribution in [2.24, 2.45) is 0 Å². The van der Waals surface area contributed by atoms with Crippen molar-refractivity contribution in [2.45, 2.75) is 25.5 Å². The molecule has 0 bridgehead atoms. The van der Waals surface area contributed by atoms with Crippen molar-refractivity contribution in [3.63, 3.8) is 0 Å². The Balaban J connectivity index is 2.23. The van der Waals surface area contributed by atoms with Gasteiger partial charge in [-0.1, -0.05) is 23.7 Å². The second-order valence-electron chi connectivity index (χ2n) is 4.11. The van der Waals surface area contributed by atoms with E-state index in [1.54, 1.807) is 0 Å². The Morgan fingerprint density at radius 3 is 2.75 bits per heavy atom. The first-order chi connectivity index (χ1) is 7.76. The van der Waals surface area contributed by atoms with Crippen molar-refractivity contribution in [1.29, 1.82) is 0 Å². The maximum Gasteiger partial charge on any atom is 0.0696 e. The van der Waals surface area contributed by atoms with Crippen LogP contribution in [0.25, 0.3) is 0 Å². The van der Waals surface area contributed by atoms with Gasteiger partial charge in [0, 0.05) is 23.3 Å². The van der Waals surface area contributed by atoms with Crippen LogP contribution in [0.1, 0.15) is 18.4 Å². The molecule has 16 heavy (non-hydrogen) atoms. The molecule has 0 radical (unpaired) electrons. The van der Waals surface area contributed by atoms with E-state index in [-0.39, 0.29) is 6.61 Å². The van der Waals surface area contributed by atoms with Gasteiger partial charge in [0.25, 0.3) is 0 Å². The van der Waals surface area contributed by atoms with Crippen molar-refractivity contribution in [1.82, 2.24) is 0 Å². The topological polar surface area (TPSA) is 23.5 Å². The van der Waals surface area contributed by atoms with E-state index in [4.69, 9.17) is 16.7 Å².